The minimum absolute atomic E-state index is 0.295. The number of amides is 1. The molecule has 1 aromatic carbocycles. The standard InChI is InChI=1S/C16H19F2N5OS/c1-23-16(20-13(22-23)10-6-8-19-9-7-10)21-14(24)11-2-4-12(5-3-11)25-15(17)18/h2-5,10,15,19H,6-9H2,1H3,(H,20,21,22,24). The van der Waals surface area contributed by atoms with Crippen molar-refractivity contribution in [2.24, 2.45) is 7.05 Å². The molecule has 2 heterocycles. The van der Waals surface area contributed by atoms with E-state index in [9.17, 15) is 13.6 Å². The molecule has 1 aliphatic rings. The number of anilines is 1. The lowest BCUT2D eigenvalue weighted by Gasteiger charge is -2.19. The number of rotatable bonds is 5. The fraction of sp³-hybridized carbons (Fsp3) is 0.438. The van der Waals surface area contributed by atoms with Crippen molar-refractivity contribution in [1.29, 1.82) is 0 Å². The molecule has 6 nitrogen and oxygen atoms in total. The molecule has 1 aliphatic heterocycles. The van der Waals surface area contributed by atoms with Crippen molar-refractivity contribution in [3.8, 4) is 0 Å². The highest BCUT2D eigenvalue weighted by Gasteiger charge is 2.21. The lowest BCUT2D eigenvalue weighted by molar-refractivity contribution is 0.102. The number of halogens is 2. The SMILES string of the molecule is Cn1nc(C2CCNCC2)nc1NC(=O)c1ccc(SC(F)F)cc1. The monoisotopic (exact) mass is 367 g/mol. The van der Waals surface area contributed by atoms with Crippen LogP contribution in [0.4, 0.5) is 14.7 Å². The lowest BCUT2D eigenvalue weighted by atomic mass is 9.98. The van der Waals surface area contributed by atoms with Gasteiger partial charge in [0, 0.05) is 23.4 Å². The Morgan fingerprint density at radius 2 is 2.00 bits per heavy atom. The number of hydrogen-bond acceptors (Lipinski definition) is 5. The van der Waals surface area contributed by atoms with Crippen molar-refractivity contribution in [1.82, 2.24) is 20.1 Å². The number of alkyl halides is 2. The summed E-state index contributed by atoms with van der Waals surface area (Å²) in [6.07, 6.45) is 1.95. The van der Waals surface area contributed by atoms with Gasteiger partial charge in [-0.15, -0.1) is 0 Å². The van der Waals surface area contributed by atoms with Gasteiger partial charge < -0.3 is 5.32 Å². The third kappa shape index (κ3) is 4.55. The zero-order valence-electron chi connectivity index (χ0n) is 13.7. The number of hydrogen-bond donors (Lipinski definition) is 2. The Morgan fingerprint density at radius 3 is 2.64 bits per heavy atom. The molecule has 1 amide bonds. The number of nitrogens with one attached hydrogen (secondary N) is 2. The second-order valence-electron chi connectivity index (χ2n) is 5.80. The largest absolute Gasteiger partial charge is 0.317 e. The highest BCUT2D eigenvalue weighted by molar-refractivity contribution is 7.99. The van der Waals surface area contributed by atoms with E-state index in [-0.39, 0.29) is 5.91 Å². The molecule has 0 bridgehead atoms. The van der Waals surface area contributed by atoms with E-state index < -0.39 is 5.76 Å². The molecular weight excluding hydrogens is 348 g/mol. The zero-order valence-corrected chi connectivity index (χ0v) is 14.5. The maximum Gasteiger partial charge on any atom is 0.288 e. The molecule has 2 aromatic rings. The molecule has 0 radical (unpaired) electrons. The lowest BCUT2D eigenvalue weighted by Crippen LogP contribution is -2.27. The zero-order chi connectivity index (χ0) is 17.8. The summed E-state index contributed by atoms with van der Waals surface area (Å²) in [6.45, 7) is 1.88. The first kappa shape index (κ1) is 17.8. The topological polar surface area (TPSA) is 71.8 Å². The Balaban J connectivity index is 1.67. The smallest absolute Gasteiger partial charge is 0.288 e. The fourth-order valence-electron chi connectivity index (χ4n) is 2.73. The van der Waals surface area contributed by atoms with Crippen molar-refractivity contribution in [2.75, 3.05) is 18.4 Å². The minimum atomic E-state index is -2.48. The maximum atomic E-state index is 12.3. The van der Waals surface area contributed by atoms with Gasteiger partial charge in [-0.2, -0.15) is 18.9 Å². The summed E-state index contributed by atoms with van der Waals surface area (Å²) >= 11 is 0.448. The average Bonchev–Trinajstić information content (AvgIpc) is 2.96. The molecule has 0 aliphatic carbocycles. The van der Waals surface area contributed by atoms with Crippen molar-refractivity contribution in [3.05, 3.63) is 35.7 Å². The molecule has 0 atom stereocenters. The summed E-state index contributed by atoms with van der Waals surface area (Å²) in [5.74, 6) is -1.41. The Hall–Kier alpha value is -2.00. The summed E-state index contributed by atoms with van der Waals surface area (Å²) in [4.78, 5) is 17.2. The van der Waals surface area contributed by atoms with Gasteiger partial charge in [-0.3, -0.25) is 10.1 Å². The molecule has 1 fully saturated rings. The van der Waals surface area contributed by atoms with Gasteiger partial charge in [0.1, 0.15) is 0 Å². The van der Waals surface area contributed by atoms with Crippen LogP contribution in [0.3, 0.4) is 0 Å². The third-order valence-electron chi connectivity index (χ3n) is 4.05. The van der Waals surface area contributed by atoms with Crippen LogP contribution in [0.1, 0.15) is 34.9 Å². The molecule has 3 rings (SSSR count). The van der Waals surface area contributed by atoms with Crippen LogP contribution in [0.2, 0.25) is 0 Å². The number of aryl methyl sites for hydroxylation is 1. The first-order chi connectivity index (χ1) is 12.0. The van der Waals surface area contributed by atoms with E-state index in [0.29, 0.717) is 34.1 Å². The van der Waals surface area contributed by atoms with Crippen LogP contribution in [-0.2, 0) is 7.05 Å². The van der Waals surface area contributed by atoms with Gasteiger partial charge in [-0.05, 0) is 50.2 Å². The van der Waals surface area contributed by atoms with Crippen LogP contribution >= 0.6 is 11.8 Å². The summed E-state index contributed by atoms with van der Waals surface area (Å²) in [6, 6.07) is 6.04. The minimum Gasteiger partial charge on any atom is -0.317 e. The second kappa shape index (κ2) is 7.92. The summed E-state index contributed by atoms with van der Waals surface area (Å²) in [5, 5.41) is 10.4. The number of nitrogens with zero attached hydrogens (tertiary/aromatic N) is 3. The predicted molar refractivity (Wildman–Crippen MR) is 92.1 cm³/mol. The quantitative estimate of drug-likeness (QED) is 0.795. The number of carbonyl (C=O) groups is 1. The number of carbonyl (C=O) groups excluding carboxylic acids is 1. The molecule has 2 N–H and O–H groups in total. The Labute approximate surface area is 148 Å². The van der Waals surface area contributed by atoms with E-state index in [2.05, 4.69) is 20.7 Å². The fourth-order valence-corrected chi connectivity index (χ4v) is 3.23. The van der Waals surface area contributed by atoms with E-state index in [1.165, 1.54) is 24.3 Å². The summed E-state index contributed by atoms with van der Waals surface area (Å²) in [5.41, 5.74) is 0.380. The molecule has 0 unspecified atom stereocenters. The van der Waals surface area contributed by atoms with Crippen LogP contribution in [0.25, 0.3) is 0 Å². The number of piperidine rings is 1. The van der Waals surface area contributed by atoms with Crippen molar-refractivity contribution in [2.45, 2.75) is 29.4 Å². The van der Waals surface area contributed by atoms with Crippen LogP contribution in [0.5, 0.6) is 0 Å². The summed E-state index contributed by atoms with van der Waals surface area (Å²) < 4.78 is 26.2. The van der Waals surface area contributed by atoms with E-state index in [1.807, 2.05) is 0 Å². The van der Waals surface area contributed by atoms with Gasteiger partial charge in [0.25, 0.3) is 11.7 Å². The Kier molecular flexibility index (Phi) is 5.64. The van der Waals surface area contributed by atoms with Crippen LogP contribution in [0, 0.1) is 0 Å². The molecule has 0 saturated carbocycles. The number of aromatic nitrogens is 3. The van der Waals surface area contributed by atoms with Crippen LogP contribution in [0.15, 0.2) is 29.2 Å². The van der Waals surface area contributed by atoms with Gasteiger partial charge >= 0.3 is 0 Å². The summed E-state index contributed by atoms with van der Waals surface area (Å²) in [7, 11) is 1.73. The number of benzene rings is 1. The molecule has 134 valence electrons. The molecule has 25 heavy (non-hydrogen) atoms. The van der Waals surface area contributed by atoms with E-state index in [0.717, 1.165) is 31.8 Å². The molecule has 0 spiro atoms. The van der Waals surface area contributed by atoms with Crippen molar-refractivity contribution in [3.63, 3.8) is 0 Å². The van der Waals surface area contributed by atoms with Crippen LogP contribution < -0.4 is 10.6 Å². The van der Waals surface area contributed by atoms with Gasteiger partial charge in [0.2, 0.25) is 5.95 Å². The van der Waals surface area contributed by atoms with Crippen LogP contribution in [-0.4, -0.2) is 39.5 Å². The Morgan fingerprint density at radius 1 is 1.32 bits per heavy atom. The third-order valence-corrected chi connectivity index (χ3v) is 4.77. The van der Waals surface area contributed by atoms with Crippen molar-refractivity contribution < 1.29 is 13.6 Å². The maximum absolute atomic E-state index is 12.3. The first-order valence-corrected chi connectivity index (χ1v) is 8.89. The van der Waals surface area contributed by atoms with Gasteiger partial charge in [-0.25, -0.2) is 4.68 Å². The predicted octanol–water partition coefficient (Wildman–Crippen LogP) is 2.85. The van der Waals surface area contributed by atoms with Gasteiger partial charge in [0.15, 0.2) is 5.82 Å². The normalized spacial score (nSPS) is 15.5. The average molecular weight is 367 g/mol. The van der Waals surface area contributed by atoms with E-state index in [4.69, 9.17) is 0 Å². The van der Waals surface area contributed by atoms with E-state index in [1.54, 1.807) is 11.7 Å². The number of thioether (sulfide) groups is 1. The van der Waals surface area contributed by atoms with Gasteiger partial charge in [0.05, 0.1) is 0 Å². The highest BCUT2D eigenvalue weighted by Crippen LogP contribution is 2.26. The highest BCUT2D eigenvalue weighted by atomic mass is 32.2. The molecule has 1 saturated heterocycles. The second-order valence-corrected chi connectivity index (χ2v) is 6.86. The van der Waals surface area contributed by atoms with E-state index >= 15 is 0 Å². The molecule has 9 heteroatoms. The molecular formula is C16H19F2N5OS. The van der Waals surface area contributed by atoms with Crippen molar-refractivity contribution >= 4 is 23.6 Å². The van der Waals surface area contributed by atoms with Gasteiger partial charge in [-0.1, -0.05) is 11.8 Å². The molecule has 1 aromatic heterocycles. The first-order valence-electron chi connectivity index (χ1n) is 8.01. The Bertz CT molecular complexity index is 729.